The van der Waals surface area contributed by atoms with E-state index in [0.29, 0.717) is 12.0 Å². The van der Waals surface area contributed by atoms with Gasteiger partial charge in [0.2, 0.25) is 5.95 Å². The molecule has 5 nitrogen and oxygen atoms in total. The second-order valence-corrected chi connectivity index (χ2v) is 5.82. The average Bonchev–Trinajstić information content (AvgIpc) is 2.59. The van der Waals surface area contributed by atoms with Gasteiger partial charge in [-0.15, -0.1) is 0 Å². The van der Waals surface area contributed by atoms with Crippen LogP contribution in [0.4, 0.5) is 11.8 Å². The van der Waals surface area contributed by atoms with E-state index >= 15 is 0 Å². The standard InChI is InChI=1S/C17H27N5.C2H6/c1-6-8-9-13(7-2)20-17-21-15(18-5)14-11(3)10-12(4)19-16(14)22-17;1-2/h10,13H,6-9H2,1-5H3,(H2,18,19,20,21,22);1-2H3. The van der Waals surface area contributed by atoms with E-state index in [0.717, 1.165) is 41.0 Å². The van der Waals surface area contributed by atoms with Crippen molar-refractivity contribution in [3.05, 3.63) is 17.3 Å². The second kappa shape index (κ2) is 10.1. The molecule has 2 aromatic rings. The molecule has 2 N–H and O–H groups in total. The number of aryl methyl sites for hydroxylation is 2. The largest absolute Gasteiger partial charge is 0.372 e. The summed E-state index contributed by atoms with van der Waals surface area (Å²) in [6.45, 7) is 12.5. The van der Waals surface area contributed by atoms with E-state index < -0.39 is 0 Å². The molecule has 0 amide bonds. The molecule has 1 atom stereocenters. The van der Waals surface area contributed by atoms with Crippen molar-refractivity contribution in [2.45, 2.75) is 73.3 Å². The molecule has 0 aliphatic carbocycles. The predicted octanol–water partition coefficient (Wildman–Crippen LogP) is 5.09. The molecular formula is C19H33N5. The Bertz CT molecular complexity index is 639. The van der Waals surface area contributed by atoms with Crippen LogP contribution < -0.4 is 10.6 Å². The van der Waals surface area contributed by atoms with Gasteiger partial charge in [0, 0.05) is 18.8 Å². The highest BCUT2D eigenvalue weighted by Crippen LogP contribution is 2.25. The summed E-state index contributed by atoms with van der Waals surface area (Å²) in [4.78, 5) is 13.8. The highest BCUT2D eigenvalue weighted by molar-refractivity contribution is 5.90. The maximum Gasteiger partial charge on any atom is 0.226 e. The van der Waals surface area contributed by atoms with Crippen molar-refractivity contribution >= 4 is 22.8 Å². The Labute approximate surface area is 146 Å². The quantitative estimate of drug-likeness (QED) is 0.740. The molecule has 24 heavy (non-hydrogen) atoms. The molecule has 2 aromatic heterocycles. The monoisotopic (exact) mass is 331 g/mol. The van der Waals surface area contributed by atoms with Crippen LogP contribution in [0, 0.1) is 13.8 Å². The van der Waals surface area contributed by atoms with Gasteiger partial charge in [-0.25, -0.2) is 4.98 Å². The van der Waals surface area contributed by atoms with E-state index in [-0.39, 0.29) is 0 Å². The molecule has 0 radical (unpaired) electrons. The fourth-order valence-corrected chi connectivity index (χ4v) is 2.73. The van der Waals surface area contributed by atoms with Crippen LogP contribution in [-0.4, -0.2) is 28.0 Å². The minimum atomic E-state index is 0.410. The Hall–Kier alpha value is -1.91. The van der Waals surface area contributed by atoms with Crippen molar-refractivity contribution in [3.63, 3.8) is 0 Å². The molecular weight excluding hydrogens is 298 g/mol. The summed E-state index contributed by atoms with van der Waals surface area (Å²) >= 11 is 0. The van der Waals surface area contributed by atoms with Crippen LogP contribution in [0.15, 0.2) is 6.07 Å². The molecule has 134 valence electrons. The van der Waals surface area contributed by atoms with Gasteiger partial charge in [0.1, 0.15) is 5.82 Å². The smallest absolute Gasteiger partial charge is 0.226 e. The number of fused-ring (bicyclic) bond motifs is 1. The molecule has 1 unspecified atom stereocenters. The highest BCUT2D eigenvalue weighted by Gasteiger charge is 2.13. The number of hydrogen-bond donors (Lipinski definition) is 2. The molecule has 0 fully saturated rings. The molecule has 5 heteroatoms. The minimum Gasteiger partial charge on any atom is -0.372 e. The van der Waals surface area contributed by atoms with E-state index in [1.165, 1.54) is 12.8 Å². The lowest BCUT2D eigenvalue weighted by atomic mass is 10.1. The van der Waals surface area contributed by atoms with Crippen molar-refractivity contribution in [1.82, 2.24) is 15.0 Å². The Morgan fingerprint density at radius 1 is 1.08 bits per heavy atom. The molecule has 0 aliphatic rings. The first-order chi connectivity index (χ1) is 11.6. The minimum absolute atomic E-state index is 0.410. The topological polar surface area (TPSA) is 62.7 Å². The van der Waals surface area contributed by atoms with Crippen LogP contribution >= 0.6 is 0 Å². The molecule has 0 saturated carbocycles. The van der Waals surface area contributed by atoms with Gasteiger partial charge in [-0.3, -0.25) is 0 Å². The highest BCUT2D eigenvalue weighted by atomic mass is 15.2. The number of aromatic nitrogens is 3. The van der Waals surface area contributed by atoms with Gasteiger partial charge in [0.05, 0.1) is 5.39 Å². The maximum absolute atomic E-state index is 4.63. The molecule has 0 aromatic carbocycles. The van der Waals surface area contributed by atoms with Gasteiger partial charge in [0.15, 0.2) is 5.65 Å². The Morgan fingerprint density at radius 3 is 2.38 bits per heavy atom. The van der Waals surface area contributed by atoms with E-state index in [1.54, 1.807) is 0 Å². The number of hydrogen-bond acceptors (Lipinski definition) is 5. The maximum atomic E-state index is 4.63. The Kier molecular flexibility index (Phi) is 8.44. The average molecular weight is 332 g/mol. The van der Waals surface area contributed by atoms with Crippen LogP contribution in [0.25, 0.3) is 11.0 Å². The van der Waals surface area contributed by atoms with Crippen LogP contribution in [-0.2, 0) is 0 Å². The number of nitrogens with zero attached hydrogens (tertiary/aromatic N) is 3. The summed E-state index contributed by atoms with van der Waals surface area (Å²) in [6, 6.07) is 2.48. The second-order valence-electron chi connectivity index (χ2n) is 5.82. The lowest BCUT2D eigenvalue weighted by Gasteiger charge is -2.18. The fraction of sp³-hybridized carbons (Fsp3) is 0.632. The SMILES string of the molecule is CC.CCCCC(CC)Nc1nc(NC)c2c(C)cc(C)nc2n1. The van der Waals surface area contributed by atoms with Crippen LogP contribution in [0.1, 0.15) is 64.6 Å². The van der Waals surface area contributed by atoms with Gasteiger partial charge >= 0.3 is 0 Å². The third-order valence-electron chi connectivity index (χ3n) is 3.96. The summed E-state index contributed by atoms with van der Waals surface area (Å²) in [7, 11) is 1.89. The fourth-order valence-electron chi connectivity index (χ4n) is 2.73. The summed E-state index contributed by atoms with van der Waals surface area (Å²) in [5, 5.41) is 7.64. The Morgan fingerprint density at radius 2 is 1.79 bits per heavy atom. The van der Waals surface area contributed by atoms with Crippen LogP contribution in [0.3, 0.4) is 0 Å². The molecule has 2 heterocycles. The number of pyridine rings is 1. The molecule has 0 aliphatic heterocycles. The van der Waals surface area contributed by atoms with Gasteiger partial charge in [-0.05, 0) is 38.3 Å². The van der Waals surface area contributed by atoms with Gasteiger partial charge in [-0.1, -0.05) is 40.5 Å². The lowest BCUT2D eigenvalue weighted by Crippen LogP contribution is -2.20. The van der Waals surface area contributed by atoms with Crippen molar-refractivity contribution in [2.24, 2.45) is 0 Å². The third-order valence-corrected chi connectivity index (χ3v) is 3.96. The molecule has 0 bridgehead atoms. The summed E-state index contributed by atoms with van der Waals surface area (Å²) < 4.78 is 0. The molecule has 0 spiro atoms. The van der Waals surface area contributed by atoms with Crippen molar-refractivity contribution in [3.8, 4) is 0 Å². The third kappa shape index (κ3) is 5.05. The van der Waals surface area contributed by atoms with Crippen LogP contribution in [0.2, 0.25) is 0 Å². The van der Waals surface area contributed by atoms with E-state index in [2.05, 4.69) is 52.4 Å². The van der Waals surface area contributed by atoms with Crippen molar-refractivity contribution in [1.29, 1.82) is 0 Å². The van der Waals surface area contributed by atoms with E-state index in [4.69, 9.17) is 0 Å². The zero-order valence-electron chi connectivity index (χ0n) is 16.3. The van der Waals surface area contributed by atoms with E-state index in [9.17, 15) is 0 Å². The first kappa shape index (κ1) is 20.1. The van der Waals surface area contributed by atoms with E-state index in [1.807, 2.05) is 27.8 Å². The normalized spacial score (nSPS) is 11.6. The van der Waals surface area contributed by atoms with Crippen molar-refractivity contribution < 1.29 is 0 Å². The van der Waals surface area contributed by atoms with Crippen molar-refractivity contribution in [2.75, 3.05) is 17.7 Å². The first-order valence-electron chi connectivity index (χ1n) is 9.19. The Balaban J connectivity index is 0.00000139. The zero-order chi connectivity index (χ0) is 18.1. The summed E-state index contributed by atoms with van der Waals surface area (Å²) in [5.41, 5.74) is 2.89. The number of rotatable bonds is 7. The van der Waals surface area contributed by atoms with Gasteiger partial charge in [-0.2, -0.15) is 9.97 Å². The number of anilines is 2. The number of nitrogens with one attached hydrogen (secondary N) is 2. The summed E-state index contributed by atoms with van der Waals surface area (Å²) in [5.74, 6) is 1.50. The zero-order valence-corrected chi connectivity index (χ0v) is 16.3. The molecule has 0 saturated heterocycles. The number of unbranched alkanes of at least 4 members (excludes halogenated alkanes) is 1. The van der Waals surface area contributed by atoms with Crippen LogP contribution in [0.5, 0.6) is 0 Å². The molecule has 2 rings (SSSR count). The summed E-state index contributed by atoms with van der Waals surface area (Å²) in [6.07, 6.45) is 4.63. The first-order valence-corrected chi connectivity index (χ1v) is 9.19. The lowest BCUT2D eigenvalue weighted by molar-refractivity contribution is 0.590. The van der Waals surface area contributed by atoms with Gasteiger partial charge < -0.3 is 10.6 Å². The predicted molar refractivity (Wildman–Crippen MR) is 105 cm³/mol. The van der Waals surface area contributed by atoms with Gasteiger partial charge in [0.25, 0.3) is 0 Å².